The molecule has 17 heavy (non-hydrogen) atoms. The first kappa shape index (κ1) is 16.7. The van der Waals surface area contributed by atoms with Crippen LogP contribution in [0.2, 0.25) is 0 Å². The van der Waals surface area contributed by atoms with Crippen LogP contribution < -0.4 is 5.32 Å². The SMILES string of the molecule is O=C(O)NCCCC(O)(P(=O)(O)O)[PH](O)(O)O. The van der Waals surface area contributed by atoms with Crippen molar-refractivity contribution in [2.75, 3.05) is 6.54 Å². The van der Waals surface area contributed by atoms with Crippen molar-refractivity contribution in [3.05, 3.63) is 0 Å². The zero-order chi connectivity index (χ0) is 13.9. The molecular weight excluding hydrogens is 280 g/mol. The van der Waals surface area contributed by atoms with Crippen LogP contribution in [0.3, 0.4) is 0 Å². The van der Waals surface area contributed by atoms with Gasteiger partial charge < -0.3 is 0 Å². The van der Waals surface area contributed by atoms with E-state index in [1.54, 1.807) is 0 Å². The van der Waals surface area contributed by atoms with Crippen LogP contribution in [0.15, 0.2) is 0 Å². The van der Waals surface area contributed by atoms with Crippen LogP contribution in [-0.2, 0) is 4.57 Å². The number of aliphatic hydroxyl groups is 1. The molecule has 1 atom stereocenters. The van der Waals surface area contributed by atoms with Gasteiger partial charge in [-0.05, 0) is 0 Å². The molecule has 1 unspecified atom stereocenters. The molecule has 0 spiro atoms. The first-order chi connectivity index (χ1) is 7.42. The van der Waals surface area contributed by atoms with Gasteiger partial charge >= 0.3 is 95.5 Å². The van der Waals surface area contributed by atoms with Crippen molar-refractivity contribution < 1.29 is 44.0 Å². The van der Waals surface area contributed by atoms with Crippen LogP contribution in [0.5, 0.6) is 0 Å². The average Bonchev–Trinajstić information content (AvgIpc) is 2.07. The number of amides is 1. The van der Waals surface area contributed by atoms with Gasteiger partial charge in [0.05, 0.1) is 0 Å². The van der Waals surface area contributed by atoms with Crippen LogP contribution in [0.25, 0.3) is 0 Å². The standard InChI is InChI=1S/C5H15NO9P2/c7-4(8)6-3-1-2-5(9,16(10,11)12)17(13,14)15/h6,9-12,16H,1-3H2,(H,7,8)(H2,13,14,15). The molecule has 0 heterocycles. The summed E-state index contributed by atoms with van der Waals surface area (Å²) in [5, 5.41) is 16.1. The third-order valence-electron chi connectivity index (χ3n) is 2.00. The van der Waals surface area contributed by atoms with Crippen LogP contribution in [0.4, 0.5) is 4.79 Å². The molecule has 8 N–H and O–H groups in total. The fraction of sp³-hybridized carbons (Fsp3) is 0.800. The van der Waals surface area contributed by atoms with E-state index in [9.17, 15) is 14.5 Å². The maximum atomic E-state index is 10.9. The van der Waals surface area contributed by atoms with Gasteiger partial charge in [0.25, 0.3) is 0 Å². The van der Waals surface area contributed by atoms with E-state index in [0.717, 1.165) is 0 Å². The number of nitrogens with one attached hydrogen (secondary N) is 1. The van der Waals surface area contributed by atoms with E-state index in [1.165, 1.54) is 0 Å². The first-order valence-corrected chi connectivity index (χ1v) is 7.79. The van der Waals surface area contributed by atoms with Gasteiger partial charge in [0.1, 0.15) is 0 Å². The zero-order valence-corrected chi connectivity index (χ0v) is 10.4. The molecule has 0 aromatic rings. The third-order valence-corrected chi connectivity index (χ3v) is 6.28. The van der Waals surface area contributed by atoms with E-state index in [2.05, 4.69) is 0 Å². The minimum atomic E-state index is -5.51. The molecule has 0 rings (SSSR count). The molecule has 0 saturated heterocycles. The van der Waals surface area contributed by atoms with Crippen molar-refractivity contribution in [3.8, 4) is 0 Å². The Morgan fingerprint density at radius 1 is 1.29 bits per heavy atom. The summed E-state index contributed by atoms with van der Waals surface area (Å²) < 4.78 is 10.9. The molecule has 0 fully saturated rings. The maximum absolute atomic E-state index is 10.9. The molecule has 0 aliphatic heterocycles. The molecule has 0 aliphatic rings. The van der Waals surface area contributed by atoms with Crippen molar-refractivity contribution in [1.29, 1.82) is 0 Å². The summed E-state index contributed by atoms with van der Waals surface area (Å²) in [6.45, 7) is -0.276. The van der Waals surface area contributed by atoms with Crippen LogP contribution in [0, 0.1) is 0 Å². The van der Waals surface area contributed by atoms with Gasteiger partial charge in [0.2, 0.25) is 0 Å². The molecule has 1 amide bonds. The number of hydrogen-bond acceptors (Lipinski definition) is 6. The van der Waals surface area contributed by atoms with Crippen molar-refractivity contribution in [3.63, 3.8) is 0 Å². The number of hydrogen-bond donors (Lipinski definition) is 8. The number of carbonyl (C=O) groups is 1. The Morgan fingerprint density at radius 2 is 1.76 bits per heavy atom. The predicted octanol–water partition coefficient (Wildman–Crippen LogP) is -1.67. The Hall–Kier alpha value is -0.310. The van der Waals surface area contributed by atoms with Crippen LogP contribution in [-0.4, -0.2) is 52.4 Å². The molecule has 12 heteroatoms. The molecule has 0 aromatic carbocycles. The fourth-order valence-corrected chi connectivity index (χ4v) is 3.56. The predicted molar refractivity (Wildman–Crippen MR) is 57.2 cm³/mol. The second kappa shape index (κ2) is 5.55. The zero-order valence-electron chi connectivity index (χ0n) is 8.52. The van der Waals surface area contributed by atoms with E-state index in [1.807, 2.05) is 5.32 Å². The molecular formula is C5H15NO9P2. The van der Waals surface area contributed by atoms with E-state index in [4.69, 9.17) is 29.6 Å². The van der Waals surface area contributed by atoms with Gasteiger partial charge in [-0.2, -0.15) is 0 Å². The summed E-state index contributed by atoms with van der Waals surface area (Å²) in [5.41, 5.74) is 0. The average molecular weight is 295 g/mol. The summed E-state index contributed by atoms with van der Waals surface area (Å²) >= 11 is 0. The normalized spacial score (nSPS) is 17.3. The van der Waals surface area contributed by atoms with Crippen molar-refractivity contribution >= 4 is 21.6 Å². The molecule has 10 nitrogen and oxygen atoms in total. The Bertz CT molecular complexity index is 322. The second-order valence-corrected chi connectivity index (χ2v) is 7.68. The van der Waals surface area contributed by atoms with E-state index < -0.39 is 33.1 Å². The fourth-order valence-electron chi connectivity index (χ4n) is 1.04. The second-order valence-electron chi connectivity index (χ2n) is 3.33. The quantitative estimate of drug-likeness (QED) is 0.209. The van der Waals surface area contributed by atoms with Crippen molar-refractivity contribution in [1.82, 2.24) is 5.32 Å². The molecule has 0 bridgehead atoms. The van der Waals surface area contributed by atoms with Gasteiger partial charge in [-0.25, -0.2) is 0 Å². The van der Waals surface area contributed by atoms with Crippen molar-refractivity contribution in [2.24, 2.45) is 0 Å². The van der Waals surface area contributed by atoms with E-state index in [0.29, 0.717) is 0 Å². The monoisotopic (exact) mass is 295 g/mol. The topological polar surface area (TPSA) is 188 Å². The number of carboxylic acid groups (broad SMARTS) is 1. The van der Waals surface area contributed by atoms with E-state index >= 15 is 0 Å². The van der Waals surface area contributed by atoms with Gasteiger partial charge in [0, 0.05) is 0 Å². The Labute approximate surface area is 96.3 Å². The Morgan fingerprint density at radius 3 is 2.06 bits per heavy atom. The summed E-state index contributed by atoms with van der Waals surface area (Å²) in [6, 6.07) is 0. The minimum absolute atomic E-state index is 0.276. The first-order valence-electron chi connectivity index (χ1n) is 4.34. The van der Waals surface area contributed by atoms with Gasteiger partial charge in [-0.3, -0.25) is 0 Å². The molecule has 0 aliphatic carbocycles. The number of rotatable bonds is 6. The van der Waals surface area contributed by atoms with Gasteiger partial charge in [-0.15, -0.1) is 0 Å². The molecule has 104 valence electrons. The molecule has 0 aromatic heterocycles. The Balaban J connectivity index is 4.66. The third kappa shape index (κ3) is 4.46. The molecule has 0 radical (unpaired) electrons. The van der Waals surface area contributed by atoms with Crippen LogP contribution >= 0.6 is 15.5 Å². The van der Waals surface area contributed by atoms with Crippen molar-refractivity contribution in [2.45, 2.75) is 17.9 Å². The van der Waals surface area contributed by atoms with Crippen LogP contribution in [0.1, 0.15) is 12.8 Å². The summed E-state index contributed by atoms with van der Waals surface area (Å²) in [5.74, 6) is 0. The molecule has 0 saturated carbocycles. The Kier molecular flexibility index (Phi) is 5.45. The van der Waals surface area contributed by atoms with Gasteiger partial charge in [-0.1, -0.05) is 0 Å². The summed E-state index contributed by atoms with van der Waals surface area (Å²) in [7, 11) is -10.9. The summed E-state index contributed by atoms with van der Waals surface area (Å²) in [6.07, 6.45) is -2.55. The van der Waals surface area contributed by atoms with E-state index in [-0.39, 0.29) is 13.0 Å². The van der Waals surface area contributed by atoms with Gasteiger partial charge in [0.15, 0.2) is 0 Å². The summed E-state index contributed by atoms with van der Waals surface area (Å²) in [4.78, 5) is 54.1.